The number of furan rings is 1. The molecule has 0 saturated heterocycles. The van der Waals surface area contributed by atoms with Crippen LogP contribution in [0, 0.1) is 0 Å². The zero-order valence-corrected chi connectivity index (χ0v) is 27.5. The highest BCUT2D eigenvalue weighted by Crippen LogP contribution is 2.46. The van der Waals surface area contributed by atoms with Crippen LogP contribution < -0.4 is 4.90 Å². The van der Waals surface area contributed by atoms with E-state index in [0.29, 0.717) is 5.89 Å². The van der Waals surface area contributed by atoms with Crippen molar-refractivity contribution in [2.45, 2.75) is 0 Å². The second-order valence-corrected chi connectivity index (χ2v) is 12.7. The third-order valence-corrected chi connectivity index (χ3v) is 9.71. The van der Waals surface area contributed by atoms with E-state index in [2.05, 4.69) is 144 Å². The van der Waals surface area contributed by atoms with Crippen LogP contribution in [-0.4, -0.2) is 4.98 Å². The van der Waals surface area contributed by atoms with Crippen LogP contribution in [-0.2, 0) is 0 Å². The number of anilines is 3. The van der Waals surface area contributed by atoms with Gasteiger partial charge in [-0.25, -0.2) is 4.98 Å². The summed E-state index contributed by atoms with van der Waals surface area (Å²) in [5.74, 6) is 0.589. The molecule has 0 fully saturated rings. The Morgan fingerprint density at radius 2 is 0.961 bits per heavy atom. The molecular formula is C47H30N2O2. The van der Waals surface area contributed by atoms with Crippen molar-refractivity contribution in [2.24, 2.45) is 0 Å². The monoisotopic (exact) mass is 654 g/mol. The summed E-state index contributed by atoms with van der Waals surface area (Å²) < 4.78 is 13.1. The number of fused-ring (bicyclic) bond motifs is 6. The van der Waals surface area contributed by atoms with Gasteiger partial charge in [0.15, 0.2) is 5.58 Å². The van der Waals surface area contributed by atoms with Gasteiger partial charge in [0.1, 0.15) is 16.7 Å². The lowest BCUT2D eigenvalue weighted by Crippen LogP contribution is -2.10. The van der Waals surface area contributed by atoms with Crippen LogP contribution in [0.15, 0.2) is 191 Å². The van der Waals surface area contributed by atoms with Crippen LogP contribution in [0.4, 0.5) is 17.1 Å². The van der Waals surface area contributed by atoms with E-state index >= 15 is 0 Å². The third kappa shape index (κ3) is 4.96. The molecule has 0 bridgehead atoms. The number of nitrogens with zero attached hydrogens (tertiary/aromatic N) is 2. The minimum Gasteiger partial charge on any atom is -0.455 e. The molecule has 0 radical (unpaired) electrons. The van der Waals surface area contributed by atoms with Crippen molar-refractivity contribution >= 4 is 60.9 Å². The van der Waals surface area contributed by atoms with E-state index in [0.717, 1.165) is 66.4 Å². The fourth-order valence-electron chi connectivity index (χ4n) is 7.27. The van der Waals surface area contributed by atoms with Gasteiger partial charge in [-0.2, -0.15) is 0 Å². The number of para-hydroxylation sites is 2. The van der Waals surface area contributed by atoms with Gasteiger partial charge in [0.05, 0.1) is 11.1 Å². The lowest BCUT2D eigenvalue weighted by Gasteiger charge is -2.26. The molecule has 8 aromatic carbocycles. The zero-order valence-electron chi connectivity index (χ0n) is 27.5. The summed E-state index contributed by atoms with van der Waals surface area (Å²) in [5, 5.41) is 4.07. The summed E-state index contributed by atoms with van der Waals surface area (Å²) in [5.41, 5.74) is 12.0. The lowest BCUT2D eigenvalue weighted by atomic mass is 9.99. The van der Waals surface area contributed by atoms with Crippen molar-refractivity contribution in [1.82, 2.24) is 4.98 Å². The highest BCUT2D eigenvalue weighted by molar-refractivity contribution is 6.22. The molecule has 0 N–H and O–H groups in total. The van der Waals surface area contributed by atoms with E-state index < -0.39 is 0 Å². The highest BCUT2D eigenvalue weighted by atomic mass is 16.3. The van der Waals surface area contributed by atoms with Crippen molar-refractivity contribution in [2.75, 3.05) is 4.90 Å². The molecule has 4 heteroatoms. The molecule has 0 atom stereocenters. The quantitative estimate of drug-likeness (QED) is 0.179. The first-order valence-corrected chi connectivity index (χ1v) is 17.1. The first-order chi connectivity index (χ1) is 25.3. The summed E-state index contributed by atoms with van der Waals surface area (Å²) in [7, 11) is 0. The van der Waals surface area contributed by atoms with E-state index in [1.54, 1.807) is 0 Å². The van der Waals surface area contributed by atoms with Gasteiger partial charge in [0.2, 0.25) is 5.89 Å². The van der Waals surface area contributed by atoms with Gasteiger partial charge in [-0.15, -0.1) is 0 Å². The van der Waals surface area contributed by atoms with Crippen LogP contribution in [0.25, 0.3) is 77.5 Å². The summed E-state index contributed by atoms with van der Waals surface area (Å²) in [6.45, 7) is 0. The summed E-state index contributed by atoms with van der Waals surface area (Å²) in [6, 6.07) is 63.3. The van der Waals surface area contributed by atoms with Crippen molar-refractivity contribution in [1.29, 1.82) is 0 Å². The number of hydrogen-bond acceptors (Lipinski definition) is 4. The van der Waals surface area contributed by atoms with Gasteiger partial charge in [0.25, 0.3) is 0 Å². The topological polar surface area (TPSA) is 42.4 Å². The van der Waals surface area contributed by atoms with Crippen molar-refractivity contribution in [3.8, 4) is 33.7 Å². The Bertz CT molecular complexity index is 2720. The molecule has 4 nitrogen and oxygen atoms in total. The molecular weight excluding hydrogens is 625 g/mol. The fourth-order valence-corrected chi connectivity index (χ4v) is 7.27. The standard InChI is InChI=1S/C47H30N2O2/c1-3-12-31(13-4-1)33-22-26-35(27-23-33)49(36-28-24-34(25-29-36)32-14-5-2-6-15-32)42-19-11-21-44-45(42)40-30-39(37-16-7-8-17-38(37)46(40)50-44)47-48-41-18-9-10-20-43(41)51-47/h1-30H. The molecule has 2 heterocycles. The average Bonchev–Trinajstić information content (AvgIpc) is 3.81. The smallest absolute Gasteiger partial charge is 0.227 e. The third-order valence-electron chi connectivity index (χ3n) is 9.71. The summed E-state index contributed by atoms with van der Waals surface area (Å²) in [4.78, 5) is 7.24. The normalized spacial score (nSPS) is 11.5. The Morgan fingerprint density at radius 1 is 0.412 bits per heavy atom. The van der Waals surface area contributed by atoms with Crippen molar-refractivity contribution in [3.63, 3.8) is 0 Å². The molecule has 0 aliphatic rings. The van der Waals surface area contributed by atoms with Gasteiger partial charge >= 0.3 is 0 Å². The zero-order chi connectivity index (χ0) is 33.7. The molecule has 2 aromatic heterocycles. The predicted molar refractivity (Wildman–Crippen MR) is 210 cm³/mol. The van der Waals surface area contributed by atoms with Crippen LogP contribution in [0.3, 0.4) is 0 Å². The minimum atomic E-state index is 0.589. The maximum Gasteiger partial charge on any atom is 0.227 e. The maximum atomic E-state index is 6.75. The van der Waals surface area contributed by atoms with Crippen LogP contribution in [0.1, 0.15) is 0 Å². The number of rotatable bonds is 6. The van der Waals surface area contributed by atoms with Gasteiger partial charge in [-0.05, 0) is 82.2 Å². The Balaban J connectivity index is 1.21. The molecule has 0 saturated carbocycles. The number of aromatic nitrogens is 1. The number of benzene rings is 8. The van der Waals surface area contributed by atoms with Gasteiger partial charge in [-0.3, -0.25) is 0 Å². The first kappa shape index (κ1) is 29.0. The van der Waals surface area contributed by atoms with Crippen molar-refractivity contribution < 1.29 is 8.83 Å². The molecule has 10 aromatic rings. The second-order valence-electron chi connectivity index (χ2n) is 12.7. The second kappa shape index (κ2) is 11.9. The summed E-state index contributed by atoms with van der Waals surface area (Å²) >= 11 is 0. The molecule has 0 amide bonds. The van der Waals surface area contributed by atoms with Crippen LogP contribution >= 0.6 is 0 Å². The molecule has 0 aliphatic heterocycles. The highest BCUT2D eigenvalue weighted by Gasteiger charge is 2.23. The van der Waals surface area contributed by atoms with E-state index in [4.69, 9.17) is 13.8 Å². The Morgan fingerprint density at radius 3 is 1.61 bits per heavy atom. The Kier molecular flexibility index (Phi) is 6.78. The summed E-state index contributed by atoms with van der Waals surface area (Å²) in [6.07, 6.45) is 0. The fraction of sp³-hybridized carbons (Fsp3) is 0. The predicted octanol–water partition coefficient (Wildman–Crippen LogP) is 13.4. The van der Waals surface area contributed by atoms with Crippen LogP contribution in [0.5, 0.6) is 0 Å². The van der Waals surface area contributed by atoms with Gasteiger partial charge in [-0.1, -0.05) is 127 Å². The van der Waals surface area contributed by atoms with E-state index in [1.807, 2.05) is 42.5 Å². The SMILES string of the molecule is c1ccc(-c2ccc(N(c3ccc(-c4ccccc4)cc3)c3cccc4oc5c6ccccc6c(-c6nc7ccccc7o6)cc5c34)cc2)cc1. The Labute approximate surface area is 294 Å². The molecule has 51 heavy (non-hydrogen) atoms. The van der Waals surface area contributed by atoms with Gasteiger partial charge < -0.3 is 13.7 Å². The van der Waals surface area contributed by atoms with Gasteiger partial charge in [0, 0.05) is 27.7 Å². The lowest BCUT2D eigenvalue weighted by molar-refractivity contribution is 0.620. The minimum absolute atomic E-state index is 0.589. The molecule has 0 spiro atoms. The Hall–Kier alpha value is -6.91. The van der Waals surface area contributed by atoms with E-state index in [-0.39, 0.29) is 0 Å². The number of hydrogen-bond donors (Lipinski definition) is 0. The van der Waals surface area contributed by atoms with Crippen molar-refractivity contribution in [3.05, 3.63) is 182 Å². The molecule has 0 aliphatic carbocycles. The van der Waals surface area contributed by atoms with E-state index in [9.17, 15) is 0 Å². The largest absolute Gasteiger partial charge is 0.455 e. The molecule has 240 valence electrons. The molecule has 0 unspecified atom stereocenters. The molecule has 10 rings (SSSR count). The van der Waals surface area contributed by atoms with Crippen LogP contribution in [0.2, 0.25) is 0 Å². The maximum absolute atomic E-state index is 6.75. The number of oxazole rings is 1. The van der Waals surface area contributed by atoms with E-state index in [1.165, 1.54) is 22.3 Å². The first-order valence-electron chi connectivity index (χ1n) is 17.1. The average molecular weight is 655 g/mol.